The van der Waals surface area contributed by atoms with E-state index in [1.54, 1.807) is 93.1 Å². The van der Waals surface area contributed by atoms with E-state index in [2.05, 4.69) is 112 Å². The first-order valence-electron chi connectivity index (χ1n) is 18.6. The summed E-state index contributed by atoms with van der Waals surface area (Å²) in [5.74, 6) is 1.45. The Morgan fingerprint density at radius 1 is 0.523 bits per heavy atom. The number of ether oxygens (including phenoxy) is 2. The van der Waals surface area contributed by atoms with Gasteiger partial charge in [0.05, 0.1) is 35.5 Å². The fourth-order valence-electron chi connectivity index (χ4n) is 5.67. The molecule has 0 spiro atoms. The van der Waals surface area contributed by atoms with Crippen LogP contribution in [0.5, 0.6) is 17.2 Å². The lowest BCUT2D eigenvalue weighted by atomic mass is 9.80. The van der Waals surface area contributed by atoms with Gasteiger partial charge in [0.25, 0.3) is 0 Å². The highest BCUT2D eigenvalue weighted by Gasteiger charge is 2.17. The molecule has 0 unspecified atom stereocenters. The third kappa shape index (κ3) is 15.1. The molecule has 0 amide bonds. The molecule has 4 aromatic carbocycles. The molecule has 65 heavy (non-hydrogen) atoms. The molecular formula is C46H33BBr4Cl3IN4O6. The molecular weight excluding hydrogens is 1270 g/mol. The molecule has 0 saturated heterocycles. The molecule has 0 fully saturated rings. The van der Waals surface area contributed by atoms with Gasteiger partial charge in [-0.25, -0.2) is 0 Å². The summed E-state index contributed by atoms with van der Waals surface area (Å²) in [6.45, 7) is 0. The SMILES string of the molecule is Brc1ccc2oc3cnccc3c2c1.COc1ccc(Br)cc1-c1ccncc1Cl.COc1ccc(Br)cc1B(O)O.Clc1cnccc1I.Oc1ccc(Br)cc1-c1ccncc1Cl. The molecule has 5 aromatic heterocycles. The van der Waals surface area contributed by atoms with Crippen molar-refractivity contribution in [2.45, 2.75) is 0 Å². The molecule has 5 heterocycles. The number of aromatic nitrogens is 4. The zero-order chi connectivity index (χ0) is 47.0. The number of rotatable bonds is 5. The Morgan fingerprint density at radius 3 is 1.58 bits per heavy atom. The minimum absolute atomic E-state index is 0.200. The van der Waals surface area contributed by atoms with E-state index < -0.39 is 7.12 Å². The van der Waals surface area contributed by atoms with Crippen LogP contribution in [0.3, 0.4) is 0 Å². The number of aromatic hydroxyl groups is 1. The van der Waals surface area contributed by atoms with Gasteiger partial charge in [-0.05, 0) is 120 Å². The summed E-state index contributed by atoms with van der Waals surface area (Å²) in [4.78, 5) is 15.7. The maximum atomic E-state index is 9.71. The van der Waals surface area contributed by atoms with Gasteiger partial charge in [0, 0.05) is 103 Å². The molecule has 332 valence electrons. The van der Waals surface area contributed by atoms with E-state index in [1.807, 2.05) is 54.6 Å². The molecule has 0 aliphatic heterocycles. The number of hydrogen-bond donors (Lipinski definition) is 3. The average Bonchev–Trinajstić information content (AvgIpc) is 3.67. The van der Waals surface area contributed by atoms with E-state index in [0.717, 1.165) is 65.8 Å². The number of methoxy groups -OCH3 is 2. The minimum Gasteiger partial charge on any atom is -0.507 e. The lowest BCUT2D eigenvalue weighted by Crippen LogP contribution is -2.31. The average molecular weight is 1300 g/mol. The van der Waals surface area contributed by atoms with Gasteiger partial charge in [0.1, 0.15) is 22.8 Å². The summed E-state index contributed by atoms with van der Waals surface area (Å²) in [6.07, 6.45) is 13.4. The van der Waals surface area contributed by atoms with E-state index >= 15 is 0 Å². The molecule has 0 radical (unpaired) electrons. The van der Waals surface area contributed by atoms with Crippen LogP contribution in [0.1, 0.15) is 0 Å². The summed E-state index contributed by atoms with van der Waals surface area (Å²) in [6, 6.07) is 29.5. The Bertz CT molecular complexity index is 2990. The fraction of sp³-hybridized carbons (Fsp3) is 0.0435. The number of fused-ring (bicyclic) bond motifs is 3. The quantitative estimate of drug-likeness (QED) is 0.113. The van der Waals surface area contributed by atoms with Crippen LogP contribution in [-0.4, -0.2) is 56.4 Å². The highest BCUT2D eigenvalue weighted by atomic mass is 127. The second-order valence-electron chi connectivity index (χ2n) is 12.9. The van der Waals surface area contributed by atoms with Crippen molar-refractivity contribution in [3.05, 3.63) is 183 Å². The van der Waals surface area contributed by atoms with Gasteiger partial charge in [0.2, 0.25) is 0 Å². The maximum Gasteiger partial charge on any atom is 0.492 e. The topological polar surface area (TPSA) is 144 Å². The standard InChI is InChI=1S/C12H9BrClNO.C11H7BrClNO.C11H6BrNO.C7H8BBrO3.C5H3ClIN/c1-16-12-3-2-8(13)6-10(12)9-4-5-15-7-11(9)14;12-7-1-2-11(15)9(5-7)8-3-4-14-6-10(8)13;12-7-1-2-10-9(5-7)8-3-4-13-6-11(8)14-10;1-12-7-3-2-5(9)4-6(7)8(10)11;6-4-3-8-2-1-5(4)7/h2-7H,1H3;1-6,15H;1-6H;2-4,10-11H,1H3;1-3H. The number of phenolic OH excluding ortho intramolecular Hbond substituents is 1. The first-order valence-corrected chi connectivity index (χ1v) is 24.0. The predicted octanol–water partition coefficient (Wildman–Crippen LogP) is 14.3. The normalized spacial score (nSPS) is 10.2. The van der Waals surface area contributed by atoms with Crippen LogP contribution in [0.4, 0.5) is 0 Å². The lowest BCUT2D eigenvalue weighted by Gasteiger charge is -2.10. The summed E-state index contributed by atoms with van der Waals surface area (Å²) in [5, 5.41) is 31.6. The van der Waals surface area contributed by atoms with E-state index in [4.69, 9.17) is 58.7 Å². The molecule has 19 heteroatoms. The van der Waals surface area contributed by atoms with Crippen molar-refractivity contribution in [2.75, 3.05) is 14.2 Å². The summed E-state index contributed by atoms with van der Waals surface area (Å²) >= 11 is 33.3. The van der Waals surface area contributed by atoms with Crippen LogP contribution >= 0.6 is 121 Å². The van der Waals surface area contributed by atoms with Crippen molar-refractivity contribution in [3.8, 4) is 39.5 Å². The molecule has 0 atom stereocenters. The summed E-state index contributed by atoms with van der Waals surface area (Å²) in [7, 11) is 1.62. The molecule has 9 aromatic rings. The molecule has 0 bridgehead atoms. The number of halogens is 8. The Hall–Kier alpha value is -3.82. The summed E-state index contributed by atoms with van der Waals surface area (Å²) in [5.41, 5.74) is 5.41. The van der Waals surface area contributed by atoms with Gasteiger partial charge < -0.3 is 29.0 Å². The van der Waals surface area contributed by atoms with Gasteiger partial charge >= 0.3 is 7.12 Å². The van der Waals surface area contributed by atoms with Crippen LogP contribution in [-0.2, 0) is 0 Å². The number of hydrogen-bond acceptors (Lipinski definition) is 10. The van der Waals surface area contributed by atoms with Crippen LogP contribution in [0, 0.1) is 3.57 Å². The Morgan fingerprint density at radius 2 is 1.02 bits per heavy atom. The summed E-state index contributed by atoms with van der Waals surface area (Å²) < 4.78 is 20.6. The van der Waals surface area contributed by atoms with Crippen molar-refractivity contribution in [1.82, 2.24) is 19.9 Å². The molecule has 0 aliphatic rings. The van der Waals surface area contributed by atoms with Crippen molar-refractivity contribution >= 4 is 156 Å². The molecule has 0 aliphatic carbocycles. The Kier molecular flexibility index (Phi) is 20.8. The van der Waals surface area contributed by atoms with Crippen molar-refractivity contribution < 1.29 is 29.0 Å². The zero-order valence-electron chi connectivity index (χ0n) is 33.8. The van der Waals surface area contributed by atoms with Gasteiger partial charge in [-0.1, -0.05) is 98.5 Å². The second kappa shape index (κ2) is 25.9. The predicted molar refractivity (Wildman–Crippen MR) is 285 cm³/mol. The monoisotopic (exact) mass is 1300 g/mol. The molecule has 3 N–H and O–H groups in total. The Balaban J connectivity index is 0.000000155. The lowest BCUT2D eigenvalue weighted by molar-refractivity contribution is 0.403. The largest absolute Gasteiger partial charge is 0.507 e. The van der Waals surface area contributed by atoms with E-state index in [-0.39, 0.29) is 5.75 Å². The van der Waals surface area contributed by atoms with Crippen molar-refractivity contribution in [3.63, 3.8) is 0 Å². The third-order valence-electron chi connectivity index (χ3n) is 8.67. The second-order valence-corrected chi connectivity index (χ2v) is 18.9. The number of phenols is 1. The van der Waals surface area contributed by atoms with Crippen molar-refractivity contribution in [2.24, 2.45) is 0 Å². The van der Waals surface area contributed by atoms with E-state index in [9.17, 15) is 5.11 Å². The smallest absolute Gasteiger partial charge is 0.492 e. The van der Waals surface area contributed by atoms with Crippen LogP contribution in [0.25, 0.3) is 44.2 Å². The Labute approximate surface area is 437 Å². The number of furan rings is 1. The third-order valence-corrected chi connectivity index (χ3v) is 12.8. The first kappa shape index (κ1) is 52.2. The number of benzene rings is 4. The maximum absolute atomic E-state index is 9.71. The number of pyridine rings is 4. The van der Waals surface area contributed by atoms with Gasteiger partial charge in [0.15, 0.2) is 5.58 Å². The van der Waals surface area contributed by atoms with Gasteiger partial charge in [-0.2, -0.15) is 0 Å². The van der Waals surface area contributed by atoms with Crippen LogP contribution in [0.15, 0.2) is 169 Å². The van der Waals surface area contributed by atoms with Crippen LogP contribution in [0.2, 0.25) is 15.1 Å². The van der Waals surface area contributed by atoms with Gasteiger partial charge in [-0.3, -0.25) is 19.9 Å². The van der Waals surface area contributed by atoms with E-state index in [1.165, 1.54) is 7.11 Å². The van der Waals surface area contributed by atoms with E-state index in [0.29, 0.717) is 31.8 Å². The number of nitrogens with zero attached hydrogens (tertiary/aromatic N) is 4. The highest BCUT2D eigenvalue weighted by molar-refractivity contribution is 14.1. The molecule has 10 nitrogen and oxygen atoms in total. The van der Waals surface area contributed by atoms with Crippen LogP contribution < -0.4 is 14.9 Å². The van der Waals surface area contributed by atoms with Crippen molar-refractivity contribution in [1.29, 1.82) is 0 Å². The first-order chi connectivity index (χ1) is 31.2. The van der Waals surface area contributed by atoms with Gasteiger partial charge in [-0.15, -0.1) is 0 Å². The minimum atomic E-state index is -1.50. The fourth-order valence-corrected chi connectivity index (χ4v) is 7.99. The molecule has 0 saturated carbocycles. The molecule has 9 rings (SSSR count). The highest BCUT2D eigenvalue weighted by Crippen LogP contribution is 2.37. The zero-order valence-corrected chi connectivity index (χ0v) is 44.6.